The number of ether oxygens (including phenoxy) is 1. The summed E-state index contributed by atoms with van der Waals surface area (Å²) in [6, 6.07) is 9.96. The topological polar surface area (TPSA) is 98.8 Å². The number of thiocarbonyl (C=S) groups is 1. The molecule has 1 N–H and O–H groups in total. The minimum absolute atomic E-state index is 0.00170. The van der Waals surface area contributed by atoms with E-state index in [-0.39, 0.29) is 21.5 Å². The first-order chi connectivity index (χ1) is 14.2. The van der Waals surface area contributed by atoms with Crippen molar-refractivity contribution in [2.75, 3.05) is 11.5 Å². The largest absolute Gasteiger partial charge is 0.546 e. The number of carbonyl (C=O) groups excluding carboxylic acids is 3. The summed E-state index contributed by atoms with van der Waals surface area (Å²) in [5, 5.41) is 13.2. The number of carboxylic acid groups (broad SMARTS) is 1. The second-order valence-corrected chi connectivity index (χ2v) is 7.39. The Morgan fingerprint density at radius 3 is 2.60 bits per heavy atom. The number of hydrogen-bond acceptors (Lipinski definition) is 6. The highest BCUT2D eigenvalue weighted by molar-refractivity contribution is 7.80. The number of carbonyl (C=O) groups is 3. The van der Waals surface area contributed by atoms with Gasteiger partial charge >= 0.3 is 0 Å². The summed E-state index contributed by atoms with van der Waals surface area (Å²) in [5.41, 5.74) is 2.77. The molecular weight excluding hydrogens is 428 g/mol. The van der Waals surface area contributed by atoms with Gasteiger partial charge in [-0.25, -0.2) is 0 Å². The second-order valence-electron chi connectivity index (χ2n) is 6.60. The summed E-state index contributed by atoms with van der Waals surface area (Å²) in [7, 11) is 0. The molecule has 0 radical (unpaired) electrons. The van der Waals surface area contributed by atoms with E-state index in [4.69, 9.17) is 28.6 Å². The van der Waals surface area contributed by atoms with E-state index in [0.29, 0.717) is 11.3 Å². The Kier molecular flexibility index (Phi) is 6.19. The Hall–Kier alpha value is -3.23. The average Bonchev–Trinajstić information content (AvgIpc) is 2.66. The number of nitrogens with one attached hydrogen (secondary N) is 1. The van der Waals surface area contributed by atoms with Gasteiger partial charge in [0.25, 0.3) is 11.8 Å². The highest BCUT2D eigenvalue weighted by Crippen LogP contribution is 2.29. The molecule has 1 saturated heterocycles. The molecule has 9 heteroatoms. The van der Waals surface area contributed by atoms with Gasteiger partial charge in [0.15, 0.2) is 5.11 Å². The van der Waals surface area contributed by atoms with Crippen LogP contribution in [0.5, 0.6) is 5.75 Å². The van der Waals surface area contributed by atoms with Crippen molar-refractivity contribution < 1.29 is 24.2 Å². The summed E-state index contributed by atoms with van der Waals surface area (Å²) in [6.45, 7) is 3.14. The van der Waals surface area contributed by atoms with E-state index in [1.54, 1.807) is 12.1 Å². The van der Waals surface area contributed by atoms with E-state index in [2.05, 4.69) is 5.32 Å². The van der Waals surface area contributed by atoms with E-state index in [1.165, 1.54) is 23.1 Å². The maximum absolute atomic E-state index is 13.1. The molecule has 154 valence electrons. The minimum atomic E-state index is -1.39. The van der Waals surface area contributed by atoms with Crippen LogP contribution >= 0.6 is 23.8 Å². The molecule has 30 heavy (non-hydrogen) atoms. The van der Waals surface area contributed by atoms with Crippen molar-refractivity contribution in [3.63, 3.8) is 0 Å². The molecule has 0 saturated carbocycles. The first-order valence-electron chi connectivity index (χ1n) is 8.78. The SMILES string of the molecule is Cc1ccc(N2C(=O)/C(=C/c3ccc(OCC(=O)[O-])c(Cl)c3)C(=O)NC2=S)c(C)c1. The smallest absolute Gasteiger partial charge is 0.270 e. The minimum Gasteiger partial charge on any atom is -0.546 e. The van der Waals surface area contributed by atoms with Gasteiger partial charge in [0, 0.05) is 0 Å². The summed E-state index contributed by atoms with van der Waals surface area (Å²) in [4.78, 5) is 37.3. The van der Waals surface area contributed by atoms with E-state index in [1.807, 2.05) is 26.0 Å². The van der Waals surface area contributed by atoms with Crippen LogP contribution in [0.2, 0.25) is 5.02 Å². The molecule has 2 amide bonds. The fourth-order valence-corrected chi connectivity index (χ4v) is 3.48. The first kappa shape index (κ1) is 21.5. The molecule has 1 fully saturated rings. The number of anilines is 1. The highest BCUT2D eigenvalue weighted by atomic mass is 35.5. The fourth-order valence-electron chi connectivity index (χ4n) is 2.96. The summed E-state index contributed by atoms with van der Waals surface area (Å²) in [5.74, 6) is -2.44. The average molecular weight is 444 g/mol. The molecule has 0 aromatic heterocycles. The van der Waals surface area contributed by atoms with Crippen molar-refractivity contribution in [2.45, 2.75) is 13.8 Å². The van der Waals surface area contributed by atoms with Gasteiger partial charge in [-0.3, -0.25) is 19.8 Å². The van der Waals surface area contributed by atoms with Crippen molar-refractivity contribution in [3.8, 4) is 5.75 Å². The van der Waals surface area contributed by atoms with E-state index in [0.717, 1.165) is 11.1 Å². The van der Waals surface area contributed by atoms with Crippen LogP contribution in [0, 0.1) is 13.8 Å². The third-order valence-corrected chi connectivity index (χ3v) is 4.89. The Morgan fingerprint density at radius 1 is 1.23 bits per heavy atom. The van der Waals surface area contributed by atoms with Gasteiger partial charge in [-0.05, 0) is 61.5 Å². The van der Waals surface area contributed by atoms with Crippen LogP contribution in [0.1, 0.15) is 16.7 Å². The van der Waals surface area contributed by atoms with Crippen molar-refractivity contribution in [1.82, 2.24) is 5.32 Å². The molecule has 0 unspecified atom stereocenters. The maximum Gasteiger partial charge on any atom is 0.270 e. The van der Waals surface area contributed by atoms with Gasteiger partial charge in [0.2, 0.25) is 0 Å². The molecule has 1 heterocycles. The first-order valence-corrected chi connectivity index (χ1v) is 9.57. The van der Waals surface area contributed by atoms with E-state index in [9.17, 15) is 19.5 Å². The van der Waals surface area contributed by atoms with Gasteiger partial charge in [-0.1, -0.05) is 35.4 Å². The molecule has 0 spiro atoms. The summed E-state index contributed by atoms with van der Waals surface area (Å²) in [6.07, 6.45) is 1.38. The van der Waals surface area contributed by atoms with Crippen molar-refractivity contribution >= 4 is 58.5 Å². The van der Waals surface area contributed by atoms with Gasteiger partial charge in [-0.2, -0.15) is 0 Å². The lowest BCUT2D eigenvalue weighted by atomic mass is 10.0. The second kappa shape index (κ2) is 8.64. The van der Waals surface area contributed by atoms with Crippen LogP contribution in [-0.2, 0) is 14.4 Å². The predicted octanol–water partition coefficient (Wildman–Crippen LogP) is 1.92. The number of rotatable bonds is 5. The van der Waals surface area contributed by atoms with E-state index >= 15 is 0 Å². The maximum atomic E-state index is 13.1. The van der Waals surface area contributed by atoms with Crippen molar-refractivity contribution in [2.24, 2.45) is 0 Å². The zero-order valence-corrected chi connectivity index (χ0v) is 17.6. The van der Waals surface area contributed by atoms with Gasteiger partial charge in [-0.15, -0.1) is 0 Å². The van der Waals surface area contributed by atoms with Crippen LogP contribution < -0.4 is 20.1 Å². The Labute approximate surface area is 182 Å². The number of halogens is 1. The number of aliphatic carboxylic acids is 1. The molecule has 1 aliphatic heterocycles. The molecule has 0 atom stereocenters. The monoisotopic (exact) mass is 443 g/mol. The summed E-state index contributed by atoms with van der Waals surface area (Å²) < 4.78 is 5.01. The van der Waals surface area contributed by atoms with Crippen LogP contribution in [0.4, 0.5) is 5.69 Å². The lowest BCUT2D eigenvalue weighted by molar-refractivity contribution is -0.307. The van der Waals surface area contributed by atoms with Gasteiger partial charge in [0.05, 0.1) is 16.7 Å². The summed E-state index contributed by atoms with van der Waals surface area (Å²) >= 11 is 11.3. The number of amides is 2. The number of benzene rings is 2. The van der Waals surface area contributed by atoms with Crippen LogP contribution in [0.15, 0.2) is 42.0 Å². The van der Waals surface area contributed by atoms with Crippen molar-refractivity contribution in [3.05, 3.63) is 63.7 Å². The van der Waals surface area contributed by atoms with Crippen molar-refractivity contribution in [1.29, 1.82) is 0 Å². The van der Waals surface area contributed by atoms with E-state index < -0.39 is 24.4 Å². The number of nitrogens with zero attached hydrogens (tertiary/aromatic N) is 1. The third kappa shape index (κ3) is 4.50. The standard InChI is InChI=1S/C21H17ClN2O5S/c1-11-3-5-16(12(2)7-11)24-20(28)14(19(27)23-21(24)30)8-13-4-6-17(15(22)9-13)29-10-18(25)26/h3-9H,10H2,1-2H3,(H,25,26)(H,23,27,30)/p-1/b14-8+. The van der Waals surface area contributed by atoms with Gasteiger partial charge < -0.3 is 14.6 Å². The lowest BCUT2D eigenvalue weighted by Crippen LogP contribution is -2.54. The van der Waals surface area contributed by atoms with Gasteiger partial charge in [0.1, 0.15) is 17.9 Å². The Bertz CT molecular complexity index is 1110. The third-order valence-electron chi connectivity index (χ3n) is 4.31. The zero-order valence-electron chi connectivity index (χ0n) is 16.0. The Morgan fingerprint density at radius 2 is 1.97 bits per heavy atom. The van der Waals surface area contributed by atoms with Crippen LogP contribution in [0.3, 0.4) is 0 Å². The molecule has 2 aromatic rings. The normalized spacial score (nSPS) is 15.4. The predicted molar refractivity (Wildman–Crippen MR) is 114 cm³/mol. The highest BCUT2D eigenvalue weighted by Gasteiger charge is 2.35. The molecule has 3 rings (SSSR count). The van der Waals surface area contributed by atoms with Crippen LogP contribution in [0.25, 0.3) is 6.08 Å². The quantitative estimate of drug-likeness (QED) is 0.430. The molecule has 0 aliphatic carbocycles. The number of carboxylic acids is 1. The molecule has 2 aromatic carbocycles. The molecular formula is C21H16ClN2O5S-. The molecule has 1 aliphatic rings. The zero-order chi connectivity index (χ0) is 22.0. The number of aryl methyl sites for hydroxylation is 2. The molecule has 0 bridgehead atoms. The Balaban J connectivity index is 1.94. The van der Waals surface area contributed by atoms with Crippen LogP contribution in [-0.4, -0.2) is 29.5 Å². The lowest BCUT2D eigenvalue weighted by Gasteiger charge is -2.30. The molecule has 7 nitrogen and oxygen atoms in total. The number of hydrogen-bond donors (Lipinski definition) is 1. The fraction of sp³-hybridized carbons (Fsp3) is 0.143.